The molecule has 2 aromatic carbocycles. The van der Waals surface area contributed by atoms with Crippen molar-refractivity contribution in [3.05, 3.63) is 70.5 Å². The van der Waals surface area contributed by atoms with Gasteiger partial charge in [0.15, 0.2) is 0 Å². The molecule has 3 amide bonds. The molecule has 2 aromatic rings. The molecule has 0 aromatic heterocycles. The Balaban J connectivity index is 1.34. The van der Waals surface area contributed by atoms with Crippen molar-refractivity contribution in [1.29, 1.82) is 5.41 Å². The quantitative estimate of drug-likeness (QED) is 0.141. The summed E-state index contributed by atoms with van der Waals surface area (Å²) in [5, 5.41) is 14.5. The molecular formula is C32H44FN7O3. The maximum atomic E-state index is 15.0. The maximum Gasteiger partial charge on any atom is 0.256 e. The van der Waals surface area contributed by atoms with Crippen molar-refractivity contribution < 1.29 is 18.8 Å². The molecule has 0 bridgehead atoms. The molecular weight excluding hydrogens is 549 g/mol. The Morgan fingerprint density at radius 3 is 2.44 bits per heavy atom. The Morgan fingerprint density at radius 2 is 1.74 bits per heavy atom. The minimum Gasteiger partial charge on any atom is -0.366 e. The van der Waals surface area contributed by atoms with E-state index in [1.54, 1.807) is 29.2 Å². The first kappa shape index (κ1) is 32.2. The van der Waals surface area contributed by atoms with Crippen LogP contribution in [0.1, 0.15) is 51.1 Å². The number of amides is 3. The van der Waals surface area contributed by atoms with Crippen molar-refractivity contribution in [3.63, 3.8) is 0 Å². The summed E-state index contributed by atoms with van der Waals surface area (Å²) in [6.45, 7) is 9.45. The monoisotopic (exact) mass is 593 g/mol. The number of carbonyl (C=O) groups excluding carboxylic acids is 3. The second kappa shape index (κ2) is 16.3. The molecule has 2 fully saturated rings. The van der Waals surface area contributed by atoms with Gasteiger partial charge in [0.2, 0.25) is 12.3 Å². The zero-order valence-electron chi connectivity index (χ0n) is 24.8. The third-order valence-corrected chi connectivity index (χ3v) is 8.39. The van der Waals surface area contributed by atoms with Gasteiger partial charge >= 0.3 is 0 Å². The van der Waals surface area contributed by atoms with E-state index in [-0.39, 0.29) is 36.3 Å². The van der Waals surface area contributed by atoms with Crippen LogP contribution in [0.5, 0.6) is 0 Å². The first-order valence-corrected chi connectivity index (χ1v) is 15.2. The summed E-state index contributed by atoms with van der Waals surface area (Å²) in [6, 6.07) is 10.9. The van der Waals surface area contributed by atoms with Crippen LogP contribution in [0.4, 0.5) is 4.39 Å². The summed E-state index contributed by atoms with van der Waals surface area (Å²) in [7, 11) is 0. The van der Waals surface area contributed by atoms with E-state index in [1.165, 1.54) is 37.6 Å². The molecule has 0 atom stereocenters. The van der Waals surface area contributed by atoms with Crippen LogP contribution in [0.25, 0.3) is 0 Å². The molecule has 0 radical (unpaired) electrons. The number of nitrogens with zero attached hydrogens (tertiary/aromatic N) is 3. The maximum absolute atomic E-state index is 15.0. The molecule has 2 saturated heterocycles. The highest BCUT2D eigenvalue weighted by molar-refractivity contribution is 6.09. The number of hydrogen-bond donors (Lipinski definition) is 4. The minimum absolute atomic E-state index is 0.0756. The third kappa shape index (κ3) is 9.41. The topological polar surface area (TPSA) is 135 Å². The zero-order valence-corrected chi connectivity index (χ0v) is 24.8. The van der Waals surface area contributed by atoms with E-state index in [0.29, 0.717) is 24.1 Å². The van der Waals surface area contributed by atoms with E-state index in [9.17, 15) is 18.8 Å². The lowest BCUT2D eigenvalue weighted by molar-refractivity contribution is -0.109. The number of nitrogens with one attached hydrogen (secondary N) is 3. The molecule has 11 heteroatoms. The van der Waals surface area contributed by atoms with Crippen LogP contribution in [0, 0.1) is 17.1 Å². The van der Waals surface area contributed by atoms with Crippen LogP contribution in [-0.4, -0.2) is 111 Å². The molecule has 2 aliphatic rings. The predicted molar refractivity (Wildman–Crippen MR) is 165 cm³/mol. The van der Waals surface area contributed by atoms with Gasteiger partial charge in [0.1, 0.15) is 5.82 Å². The number of likely N-dealkylation sites (tertiary alicyclic amines) is 1. The fraction of sp³-hybridized carbons (Fsp3) is 0.500. The normalized spacial score (nSPS) is 16.5. The Morgan fingerprint density at radius 1 is 1.02 bits per heavy atom. The Bertz CT molecular complexity index is 1260. The number of piperazine rings is 1. The molecule has 10 nitrogen and oxygen atoms in total. The summed E-state index contributed by atoms with van der Waals surface area (Å²) in [5.74, 6) is -0.999. The van der Waals surface area contributed by atoms with Gasteiger partial charge in [-0.25, -0.2) is 4.39 Å². The van der Waals surface area contributed by atoms with Crippen LogP contribution in [-0.2, 0) is 11.2 Å². The van der Waals surface area contributed by atoms with Gasteiger partial charge in [-0.15, -0.1) is 0 Å². The van der Waals surface area contributed by atoms with Gasteiger partial charge in [-0.05, 0) is 68.6 Å². The highest BCUT2D eigenvalue weighted by Gasteiger charge is 2.24. The Kier molecular flexibility index (Phi) is 12.2. The second-order valence-electron chi connectivity index (χ2n) is 11.4. The number of rotatable bonds is 15. The largest absolute Gasteiger partial charge is 0.366 e. The van der Waals surface area contributed by atoms with Crippen LogP contribution in [0.15, 0.2) is 42.5 Å². The predicted octanol–water partition coefficient (Wildman–Crippen LogP) is 1.73. The molecule has 5 N–H and O–H groups in total. The van der Waals surface area contributed by atoms with E-state index in [4.69, 9.17) is 11.1 Å². The fourth-order valence-corrected chi connectivity index (χ4v) is 5.99. The molecule has 43 heavy (non-hydrogen) atoms. The average Bonchev–Trinajstić information content (AvgIpc) is 3.02. The number of nitrogens with two attached hydrogens (primary N) is 1. The van der Waals surface area contributed by atoms with Crippen LogP contribution in [0.3, 0.4) is 0 Å². The molecule has 4 rings (SSSR count). The van der Waals surface area contributed by atoms with Crippen molar-refractivity contribution in [1.82, 2.24) is 25.3 Å². The first-order valence-electron chi connectivity index (χ1n) is 15.2. The van der Waals surface area contributed by atoms with Crippen molar-refractivity contribution >= 4 is 23.9 Å². The van der Waals surface area contributed by atoms with Crippen LogP contribution < -0.4 is 16.4 Å². The van der Waals surface area contributed by atoms with E-state index >= 15 is 0 Å². The standard InChI is InChI=1S/C32H44FN7O3/c33-29-7-6-25(21-30(34)26-4-1-2-5-27(26)31(35)42)20-28(29)32(43)40(19-12-37-23-41)14-3-13-38-15-8-24(9-16-38)22-39-17-10-36-11-18-39/h1-2,4-7,20,23-24,34,36H,3,8-19,21-22H2,(H2,35,42)(H,37,41). The van der Waals surface area contributed by atoms with Crippen molar-refractivity contribution in [2.24, 2.45) is 11.7 Å². The molecule has 232 valence electrons. The molecule has 0 aliphatic carbocycles. The summed E-state index contributed by atoms with van der Waals surface area (Å²) in [6.07, 6.45) is 3.77. The van der Waals surface area contributed by atoms with Crippen molar-refractivity contribution in [3.8, 4) is 0 Å². The first-order chi connectivity index (χ1) is 20.9. The molecule has 2 aliphatic heterocycles. The lowest BCUT2D eigenvalue weighted by Gasteiger charge is -2.36. The lowest BCUT2D eigenvalue weighted by atomic mass is 9.96. The lowest BCUT2D eigenvalue weighted by Crippen LogP contribution is -2.47. The van der Waals surface area contributed by atoms with Gasteiger partial charge in [-0.3, -0.25) is 14.4 Å². The average molecular weight is 594 g/mol. The number of carbonyl (C=O) groups is 3. The SMILES string of the molecule is N=C(Cc1ccc(F)c(C(=O)N(CCCN2CCC(CN3CCNCC3)CC2)CCNC=O)c1)c1ccccc1C(N)=O. The number of benzene rings is 2. The summed E-state index contributed by atoms with van der Waals surface area (Å²) in [5.41, 5.74) is 6.75. The third-order valence-electron chi connectivity index (χ3n) is 8.39. The van der Waals surface area contributed by atoms with Gasteiger partial charge in [-0.1, -0.05) is 24.3 Å². The number of halogens is 1. The zero-order chi connectivity index (χ0) is 30.6. The van der Waals surface area contributed by atoms with Gasteiger partial charge < -0.3 is 36.5 Å². The summed E-state index contributed by atoms with van der Waals surface area (Å²) in [4.78, 5) is 42.8. The minimum atomic E-state index is -0.641. The van der Waals surface area contributed by atoms with E-state index < -0.39 is 17.6 Å². The van der Waals surface area contributed by atoms with Crippen molar-refractivity contribution in [2.45, 2.75) is 25.7 Å². The molecule has 2 heterocycles. The van der Waals surface area contributed by atoms with Crippen LogP contribution >= 0.6 is 0 Å². The number of primary amides is 1. The van der Waals surface area contributed by atoms with E-state index in [0.717, 1.165) is 58.2 Å². The van der Waals surface area contributed by atoms with Gasteiger partial charge in [0.05, 0.1) is 5.56 Å². The van der Waals surface area contributed by atoms with Gasteiger partial charge in [-0.2, -0.15) is 0 Å². The molecule has 0 unspecified atom stereocenters. The number of hydrogen-bond acceptors (Lipinski definition) is 7. The van der Waals surface area contributed by atoms with E-state index in [2.05, 4.69) is 20.4 Å². The Labute approximate surface area is 253 Å². The van der Waals surface area contributed by atoms with Crippen LogP contribution in [0.2, 0.25) is 0 Å². The highest BCUT2D eigenvalue weighted by Crippen LogP contribution is 2.20. The fourth-order valence-electron chi connectivity index (χ4n) is 5.99. The van der Waals surface area contributed by atoms with Gasteiger partial charge in [0, 0.05) is 75.6 Å². The molecule has 0 spiro atoms. The number of piperidine rings is 1. The smallest absolute Gasteiger partial charge is 0.256 e. The van der Waals surface area contributed by atoms with Crippen molar-refractivity contribution in [2.75, 3.05) is 72.0 Å². The summed E-state index contributed by atoms with van der Waals surface area (Å²) >= 11 is 0. The molecule has 0 saturated carbocycles. The van der Waals surface area contributed by atoms with E-state index in [1.807, 2.05) is 0 Å². The second-order valence-corrected chi connectivity index (χ2v) is 11.4. The highest BCUT2D eigenvalue weighted by atomic mass is 19.1. The van der Waals surface area contributed by atoms with Gasteiger partial charge in [0.25, 0.3) is 5.91 Å². The Hall–Kier alpha value is -3.67. The summed E-state index contributed by atoms with van der Waals surface area (Å²) < 4.78 is 15.0.